The predicted molar refractivity (Wildman–Crippen MR) is 157 cm³/mol. The van der Waals surface area contributed by atoms with E-state index in [9.17, 15) is 29.1 Å². The lowest BCUT2D eigenvalue weighted by Gasteiger charge is -2.17. The summed E-state index contributed by atoms with van der Waals surface area (Å²) < 4.78 is 6.06. The Balaban J connectivity index is 1.25. The molecule has 0 saturated carbocycles. The number of hydrogen-bond acceptors (Lipinski definition) is 8. The highest BCUT2D eigenvalue weighted by atomic mass is 16.7. The number of benzene rings is 3. The zero-order valence-corrected chi connectivity index (χ0v) is 23.8. The minimum atomic E-state index is -1.12. The van der Waals surface area contributed by atoms with Crippen molar-refractivity contribution >= 4 is 46.3 Å². The number of aromatic carboxylic acids is 1. The number of nitrogens with two attached hydrogens (primary N) is 2. The van der Waals surface area contributed by atoms with E-state index in [1.165, 1.54) is 6.07 Å². The van der Waals surface area contributed by atoms with Crippen molar-refractivity contribution in [2.45, 2.75) is 44.9 Å². The van der Waals surface area contributed by atoms with Crippen molar-refractivity contribution in [3.63, 3.8) is 0 Å². The number of carbonyl (C=O) groups is 5. The Labute approximate surface area is 251 Å². The van der Waals surface area contributed by atoms with Gasteiger partial charge in [0.05, 0.1) is 18.1 Å². The van der Waals surface area contributed by atoms with Crippen LogP contribution in [0.15, 0.2) is 59.0 Å². The van der Waals surface area contributed by atoms with E-state index in [0.717, 1.165) is 0 Å². The smallest absolute Gasteiger partial charge is 0.336 e. The van der Waals surface area contributed by atoms with Gasteiger partial charge in [0.1, 0.15) is 11.3 Å². The predicted octanol–water partition coefficient (Wildman–Crippen LogP) is 1.97. The number of rotatable bonds is 11. The molecule has 44 heavy (non-hydrogen) atoms. The second-order valence-electron chi connectivity index (χ2n) is 10.6. The summed E-state index contributed by atoms with van der Waals surface area (Å²) in [5, 5.41) is 20.5. The third-order valence-corrected chi connectivity index (χ3v) is 7.30. The molecule has 0 spiro atoms. The Bertz CT molecular complexity index is 1810. The van der Waals surface area contributed by atoms with Crippen LogP contribution in [0.3, 0.4) is 0 Å². The summed E-state index contributed by atoms with van der Waals surface area (Å²) >= 11 is 0. The lowest BCUT2D eigenvalue weighted by Crippen LogP contribution is -2.44. The van der Waals surface area contributed by atoms with E-state index in [4.69, 9.17) is 20.4 Å². The first-order chi connectivity index (χ1) is 21.1. The molecule has 2 aliphatic heterocycles. The van der Waals surface area contributed by atoms with Crippen molar-refractivity contribution in [2.24, 2.45) is 0 Å². The molecular weight excluding hydrogens is 568 g/mol. The van der Waals surface area contributed by atoms with Crippen LogP contribution in [-0.4, -0.2) is 46.4 Å². The van der Waals surface area contributed by atoms with Gasteiger partial charge in [0.15, 0.2) is 5.36 Å². The van der Waals surface area contributed by atoms with Gasteiger partial charge in [0.25, 0.3) is 11.8 Å². The monoisotopic (exact) mass is 599 g/mol. The van der Waals surface area contributed by atoms with Gasteiger partial charge >= 0.3 is 11.9 Å². The van der Waals surface area contributed by atoms with Crippen molar-refractivity contribution in [1.82, 2.24) is 10.4 Å². The minimum absolute atomic E-state index is 0.0179. The SMILES string of the molecule is Nc1ccc2c(-c3cc(CC(=O)NCCCCCC(=O)ON4C(=O)CCC4=O)ccc3C(=O)O)c3ccc(=[NH2+])cc-3oc2c1. The number of fused-ring (bicyclic) bond motifs is 2. The summed E-state index contributed by atoms with van der Waals surface area (Å²) in [6, 6.07) is 15.1. The van der Waals surface area contributed by atoms with Gasteiger partial charge in [0.2, 0.25) is 5.91 Å². The van der Waals surface area contributed by atoms with E-state index in [2.05, 4.69) is 5.32 Å². The van der Waals surface area contributed by atoms with Crippen LogP contribution in [0.25, 0.3) is 33.4 Å². The molecule has 226 valence electrons. The molecule has 12 heteroatoms. The van der Waals surface area contributed by atoms with Crippen LogP contribution in [0, 0.1) is 0 Å². The van der Waals surface area contributed by atoms with Gasteiger partial charge in [-0.25, -0.2) is 9.59 Å². The number of carboxylic acids is 1. The molecule has 0 aromatic heterocycles. The highest BCUT2D eigenvalue weighted by Gasteiger charge is 2.32. The maximum absolute atomic E-state index is 12.8. The maximum Gasteiger partial charge on any atom is 0.336 e. The molecule has 3 amide bonds. The number of nitrogens with zero attached hydrogens (tertiary/aromatic N) is 1. The fourth-order valence-electron chi connectivity index (χ4n) is 5.16. The van der Waals surface area contributed by atoms with Crippen LogP contribution in [0.1, 0.15) is 54.4 Å². The fourth-order valence-corrected chi connectivity index (χ4v) is 5.16. The minimum Gasteiger partial charge on any atom is -0.478 e. The molecular formula is C32H31N4O8+. The second-order valence-corrected chi connectivity index (χ2v) is 10.6. The summed E-state index contributed by atoms with van der Waals surface area (Å²) in [6.45, 7) is 0.370. The van der Waals surface area contributed by atoms with Gasteiger partial charge in [-0.05, 0) is 54.3 Å². The number of unbranched alkanes of at least 4 members (excludes halogenated alkanes) is 2. The molecule has 0 bridgehead atoms. The molecule has 12 nitrogen and oxygen atoms in total. The molecule has 1 saturated heterocycles. The summed E-state index contributed by atoms with van der Waals surface area (Å²) in [4.78, 5) is 64.9. The van der Waals surface area contributed by atoms with Crippen molar-refractivity contribution in [1.29, 1.82) is 0 Å². The third-order valence-electron chi connectivity index (χ3n) is 7.30. The lowest BCUT2D eigenvalue weighted by atomic mass is 9.89. The average molecular weight is 600 g/mol. The summed E-state index contributed by atoms with van der Waals surface area (Å²) in [5.74, 6) is -2.60. The lowest BCUT2D eigenvalue weighted by molar-refractivity contribution is -0.197. The number of amides is 3. The number of nitrogens with one attached hydrogen (secondary N) is 1. The topological polar surface area (TPSA) is 195 Å². The largest absolute Gasteiger partial charge is 0.478 e. The molecule has 2 heterocycles. The van der Waals surface area contributed by atoms with Crippen molar-refractivity contribution < 1.29 is 43.7 Å². The molecule has 0 unspecified atom stereocenters. The van der Waals surface area contributed by atoms with Gasteiger partial charge in [-0.2, -0.15) is 0 Å². The van der Waals surface area contributed by atoms with Crippen LogP contribution in [0.4, 0.5) is 5.69 Å². The zero-order chi connectivity index (χ0) is 31.4. The second kappa shape index (κ2) is 12.8. The van der Waals surface area contributed by atoms with Crippen LogP contribution in [-0.2, 0) is 30.4 Å². The molecule has 2 aromatic carbocycles. The number of carbonyl (C=O) groups excluding carboxylic acids is 4. The first-order valence-corrected chi connectivity index (χ1v) is 14.1. The first kappa shape index (κ1) is 30.0. The molecule has 1 fully saturated rings. The van der Waals surface area contributed by atoms with Crippen LogP contribution < -0.4 is 21.8 Å². The van der Waals surface area contributed by atoms with E-state index >= 15 is 0 Å². The maximum atomic E-state index is 12.8. The molecule has 1 aliphatic carbocycles. The van der Waals surface area contributed by atoms with Crippen LogP contribution in [0.5, 0.6) is 0 Å². The van der Waals surface area contributed by atoms with Gasteiger partial charge < -0.3 is 25.4 Å². The summed E-state index contributed by atoms with van der Waals surface area (Å²) in [7, 11) is 0. The van der Waals surface area contributed by atoms with Crippen LogP contribution >= 0.6 is 0 Å². The van der Waals surface area contributed by atoms with E-state index in [0.29, 0.717) is 80.9 Å². The number of carboxylic acid groups (broad SMARTS) is 1. The third kappa shape index (κ3) is 6.59. The number of hydroxylamine groups is 2. The first-order valence-electron chi connectivity index (χ1n) is 14.1. The molecule has 6 N–H and O–H groups in total. The van der Waals surface area contributed by atoms with Gasteiger partial charge in [-0.15, -0.1) is 5.06 Å². The van der Waals surface area contributed by atoms with Crippen molar-refractivity contribution in [2.75, 3.05) is 12.3 Å². The Morgan fingerprint density at radius 1 is 0.955 bits per heavy atom. The summed E-state index contributed by atoms with van der Waals surface area (Å²) in [5.41, 5.74) is 9.32. The Morgan fingerprint density at radius 3 is 2.48 bits per heavy atom. The highest BCUT2D eigenvalue weighted by molar-refractivity contribution is 6.08. The average Bonchev–Trinajstić information content (AvgIpc) is 3.29. The van der Waals surface area contributed by atoms with Crippen LogP contribution in [0.2, 0.25) is 0 Å². The summed E-state index contributed by atoms with van der Waals surface area (Å²) in [6.07, 6.45) is 1.82. The number of anilines is 1. The standard InChI is InChI=1S/C32H30N4O8/c33-19-6-9-22-25(16-19)43-26-17-20(34)7-10-23(26)31(22)24-14-18(5-8-21(24)32(41)42)15-27(37)35-13-3-1-2-4-30(40)44-36-28(38)11-12-29(36)39/h5-10,14,16-17,33H,1-4,11-13,15,34H2,(H,35,37)(H,41,42)/p+1. The number of hydrogen-bond donors (Lipinski definition) is 4. The number of imide groups is 1. The normalized spacial score (nSPS) is 13.0. The Hall–Kier alpha value is -5.52. The fraction of sp³-hybridized carbons (Fsp3) is 0.250. The number of nitrogen functional groups attached to an aromatic ring is 1. The molecule has 5 rings (SSSR count). The van der Waals surface area contributed by atoms with E-state index in [1.807, 2.05) is 0 Å². The quantitative estimate of drug-likeness (QED) is 0.0862. The van der Waals surface area contributed by atoms with Gasteiger partial charge in [-0.1, -0.05) is 12.5 Å². The molecule has 0 atom stereocenters. The Kier molecular flexibility index (Phi) is 8.70. The van der Waals surface area contributed by atoms with E-state index in [-0.39, 0.29) is 37.2 Å². The Morgan fingerprint density at radius 2 is 1.73 bits per heavy atom. The van der Waals surface area contributed by atoms with E-state index in [1.54, 1.807) is 48.5 Å². The zero-order valence-electron chi connectivity index (χ0n) is 23.8. The van der Waals surface area contributed by atoms with E-state index < -0.39 is 23.8 Å². The molecule has 3 aliphatic rings. The van der Waals surface area contributed by atoms with Crippen molar-refractivity contribution in [3.8, 4) is 22.5 Å². The molecule has 0 radical (unpaired) electrons. The van der Waals surface area contributed by atoms with Crippen molar-refractivity contribution in [3.05, 3.63) is 71.1 Å². The molecule has 2 aromatic rings. The van der Waals surface area contributed by atoms with Gasteiger partial charge in [-0.3, -0.25) is 19.8 Å². The van der Waals surface area contributed by atoms with Gasteiger partial charge in [0, 0.05) is 60.1 Å². The highest BCUT2D eigenvalue weighted by Crippen LogP contribution is 2.41.